The van der Waals surface area contributed by atoms with Crippen molar-refractivity contribution in [2.24, 2.45) is 5.73 Å². The van der Waals surface area contributed by atoms with E-state index in [0.29, 0.717) is 0 Å². The van der Waals surface area contributed by atoms with Crippen molar-refractivity contribution in [3.63, 3.8) is 0 Å². The standard InChI is InChI=1S/C12H18BrNO/c1-3-6-15-12-5-4-10(7-9(2)14)8-11(12)13/h4-5,8-9H,3,6-7,14H2,1-2H3. The number of halogens is 1. The third-order valence-corrected chi connectivity index (χ3v) is 2.64. The van der Waals surface area contributed by atoms with Gasteiger partial charge in [-0.15, -0.1) is 0 Å². The summed E-state index contributed by atoms with van der Waals surface area (Å²) in [6, 6.07) is 6.34. The lowest BCUT2D eigenvalue weighted by Gasteiger charge is -2.10. The van der Waals surface area contributed by atoms with E-state index in [9.17, 15) is 0 Å². The van der Waals surface area contributed by atoms with Gasteiger partial charge in [-0.3, -0.25) is 0 Å². The van der Waals surface area contributed by atoms with Crippen LogP contribution in [0.15, 0.2) is 22.7 Å². The molecular weight excluding hydrogens is 254 g/mol. The predicted octanol–water partition coefficient (Wildman–Crippen LogP) is 3.13. The minimum atomic E-state index is 0.194. The fraction of sp³-hybridized carbons (Fsp3) is 0.500. The molecule has 1 rings (SSSR count). The van der Waals surface area contributed by atoms with Crippen LogP contribution in [0.25, 0.3) is 0 Å². The maximum Gasteiger partial charge on any atom is 0.133 e. The molecule has 0 aliphatic rings. The molecular formula is C12H18BrNO. The highest BCUT2D eigenvalue weighted by molar-refractivity contribution is 9.10. The highest BCUT2D eigenvalue weighted by Gasteiger charge is 2.03. The fourth-order valence-corrected chi connectivity index (χ4v) is 1.91. The van der Waals surface area contributed by atoms with Crippen molar-refractivity contribution in [2.45, 2.75) is 32.7 Å². The monoisotopic (exact) mass is 271 g/mol. The molecule has 0 heterocycles. The van der Waals surface area contributed by atoms with E-state index in [1.165, 1.54) is 5.56 Å². The van der Waals surface area contributed by atoms with Crippen molar-refractivity contribution < 1.29 is 4.74 Å². The van der Waals surface area contributed by atoms with Crippen LogP contribution in [-0.2, 0) is 6.42 Å². The van der Waals surface area contributed by atoms with Gasteiger partial charge in [0.2, 0.25) is 0 Å². The molecule has 0 fully saturated rings. The Hall–Kier alpha value is -0.540. The van der Waals surface area contributed by atoms with Crippen LogP contribution in [0.4, 0.5) is 0 Å². The van der Waals surface area contributed by atoms with Crippen LogP contribution in [0.5, 0.6) is 5.75 Å². The Labute approximate surface area is 99.9 Å². The molecule has 1 aromatic rings. The number of ether oxygens (including phenoxy) is 1. The average Bonchev–Trinajstić information content (AvgIpc) is 2.15. The summed E-state index contributed by atoms with van der Waals surface area (Å²) in [6.07, 6.45) is 1.92. The van der Waals surface area contributed by atoms with Gasteiger partial charge in [-0.1, -0.05) is 13.0 Å². The van der Waals surface area contributed by atoms with Crippen LogP contribution in [0, 0.1) is 0 Å². The van der Waals surface area contributed by atoms with Crippen molar-refractivity contribution in [1.29, 1.82) is 0 Å². The van der Waals surface area contributed by atoms with Gasteiger partial charge in [-0.05, 0) is 53.4 Å². The van der Waals surface area contributed by atoms with Gasteiger partial charge in [0, 0.05) is 6.04 Å². The van der Waals surface area contributed by atoms with Gasteiger partial charge >= 0.3 is 0 Å². The summed E-state index contributed by atoms with van der Waals surface area (Å²) in [7, 11) is 0. The van der Waals surface area contributed by atoms with Crippen molar-refractivity contribution in [3.05, 3.63) is 28.2 Å². The number of rotatable bonds is 5. The zero-order valence-electron chi connectivity index (χ0n) is 9.29. The van der Waals surface area contributed by atoms with Gasteiger partial charge in [-0.2, -0.15) is 0 Å². The molecule has 0 spiro atoms. The van der Waals surface area contributed by atoms with Crippen LogP contribution in [-0.4, -0.2) is 12.6 Å². The maximum absolute atomic E-state index is 5.75. The third kappa shape index (κ3) is 4.22. The molecule has 3 heteroatoms. The van der Waals surface area contributed by atoms with Crippen LogP contribution in [0.1, 0.15) is 25.8 Å². The van der Waals surface area contributed by atoms with Gasteiger partial charge in [0.05, 0.1) is 11.1 Å². The first-order valence-corrected chi connectivity index (χ1v) is 6.09. The topological polar surface area (TPSA) is 35.2 Å². The van der Waals surface area contributed by atoms with E-state index in [4.69, 9.17) is 10.5 Å². The molecule has 0 radical (unpaired) electrons. The molecule has 2 nitrogen and oxygen atoms in total. The minimum Gasteiger partial charge on any atom is -0.492 e. The minimum absolute atomic E-state index is 0.194. The maximum atomic E-state index is 5.75. The van der Waals surface area contributed by atoms with Crippen LogP contribution in [0.3, 0.4) is 0 Å². The Morgan fingerprint density at radius 2 is 2.20 bits per heavy atom. The SMILES string of the molecule is CCCOc1ccc(CC(C)N)cc1Br. The van der Waals surface area contributed by atoms with E-state index < -0.39 is 0 Å². The lowest BCUT2D eigenvalue weighted by molar-refractivity contribution is 0.315. The smallest absolute Gasteiger partial charge is 0.133 e. The number of benzene rings is 1. The second-order valence-electron chi connectivity index (χ2n) is 3.79. The molecule has 0 aliphatic carbocycles. The molecule has 0 saturated heterocycles. The first kappa shape index (κ1) is 12.5. The number of nitrogens with two attached hydrogens (primary N) is 1. The summed E-state index contributed by atoms with van der Waals surface area (Å²) in [5.74, 6) is 0.908. The van der Waals surface area contributed by atoms with Gasteiger partial charge in [-0.25, -0.2) is 0 Å². The summed E-state index contributed by atoms with van der Waals surface area (Å²) in [5.41, 5.74) is 6.98. The molecule has 0 aromatic heterocycles. The third-order valence-electron chi connectivity index (χ3n) is 2.02. The van der Waals surface area contributed by atoms with E-state index in [1.807, 2.05) is 13.0 Å². The summed E-state index contributed by atoms with van der Waals surface area (Å²) >= 11 is 3.50. The molecule has 1 unspecified atom stereocenters. The lowest BCUT2D eigenvalue weighted by Crippen LogP contribution is -2.17. The summed E-state index contributed by atoms with van der Waals surface area (Å²) in [6.45, 7) is 4.86. The van der Waals surface area contributed by atoms with Crippen molar-refractivity contribution in [3.8, 4) is 5.75 Å². The second kappa shape index (κ2) is 6.13. The van der Waals surface area contributed by atoms with Crippen LogP contribution in [0.2, 0.25) is 0 Å². The quantitative estimate of drug-likeness (QED) is 0.893. The molecule has 0 amide bonds. The molecule has 2 N–H and O–H groups in total. The zero-order chi connectivity index (χ0) is 11.3. The van der Waals surface area contributed by atoms with Crippen LogP contribution >= 0.6 is 15.9 Å². The number of hydrogen-bond donors (Lipinski definition) is 1. The van der Waals surface area contributed by atoms with E-state index in [0.717, 1.165) is 29.7 Å². The highest BCUT2D eigenvalue weighted by Crippen LogP contribution is 2.26. The normalized spacial score (nSPS) is 12.5. The Kier molecular flexibility index (Phi) is 5.12. The highest BCUT2D eigenvalue weighted by atomic mass is 79.9. The summed E-state index contributed by atoms with van der Waals surface area (Å²) in [4.78, 5) is 0. The average molecular weight is 272 g/mol. The summed E-state index contributed by atoms with van der Waals surface area (Å²) in [5, 5.41) is 0. The Balaban J connectivity index is 2.69. The Morgan fingerprint density at radius 3 is 2.73 bits per heavy atom. The van der Waals surface area contributed by atoms with Gasteiger partial charge in [0.15, 0.2) is 0 Å². The fourth-order valence-electron chi connectivity index (χ4n) is 1.37. The molecule has 1 aromatic carbocycles. The van der Waals surface area contributed by atoms with Crippen molar-refractivity contribution in [2.75, 3.05) is 6.61 Å². The molecule has 84 valence electrons. The molecule has 0 saturated carbocycles. The van der Waals surface area contributed by atoms with E-state index >= 15 is 0 Å². The summed E-state index contributed by atoms with van der Waals surface area (Å²) < 4.78 is 6.58. The first-order chi connectivity index (χ1) is 7.13. The first-order valence-electron chi connectivity index (χ1n) is 5.30. The van der Waals surface area contributed by atoms with Gasteiger partial charge in [0.25, 0.3) is 0 Å². The van der Waals surface area contributed by atoms with Gasteiger partial charge < -0.3 is 10.5 Å². The van der Waals surface area contributed by atoms with Gasteiger partial charge in [0.1, 0.15) is 5.75 Å². The molecule has 0 aliphatic heterocycles. The second-order valence-corrected chi connectivity index (χ2v) is 4.65. The van der Waals surface area contributed by atoms with Crippen LogP contribution < -0.4 is 10.5 Å². The van der Waals surface area contributed by atoms with E-state index in [2.05, 4.69) is 35.0 Å². The Bertz CT molecular complexity index is 312. The molecule has 0 bridgehead atoms. The molecule has 1 atom stereocenters. The predicted molar refractivity (Wildman–Crippen MR) is 67.3 cm³/mol. The lowest BCUT2D eigenvalue weighted by atomic mass is 10.1. The Morgan fingerprint density at radius 1 is 1.47 bits per heavy atom. The van der Waals surface area contributed by atoms with Crippen molar-refractivity contribution >= 4 is 15.9 Å². The number of hydrogen-bond acceptors (Lipinski definition) is 2. The largest absolute Gasteiger partial charge is 0.492 e. The van der Waals surface area contributed by atoms with Crippen molar-refractivity contribution in [1.82, 2.24) is 0 Å². The van der Waals surface area contributed by atoms with E-state index in [-0.39, 0.29) is 6.04 Å². The zero-order valence-corrected chi connectivity index (χ0v) is 10.9. The molecule has 15 heavy (non-hydrogen) atoms. The van der Waals surface area contributed by atoms with E-state index in [1.54, 1.807) is 0 Å².